The summed E-state index contributed by atoms with van der Waals surface area (Å²) in [6, 6.07) is 13.1. The third-order valence-electron chi connectivity index (χ3n) is 5.30. The van der Waals surface area contributed by atoms with Crippen LogP contribution in [0, 0.1) is 17.4 Å². The highest BCUT2D eigenvalue weighted by Gasteiger charge is 2.14. The highest BCUT2D eigenvalue weighted by atomic mass is 127. The van der Waals surface area contributed by atoms with Gasteiger partial charge in [0.15, 0.2) is 11.6 Å². The molecule has 0 aliphatic carbocycles. The fraction of sp³-hybridized carbons (Fsp3) is 0.200. The summed E-state index contributed by atoms with van der Waals surface area (Å²) in [7, 11) is 1.60. The minimum absolute atomic E-state index is 0.124. The number of rotatable bonds is 9. The van der Waals surface area contributed by atoms with Crippen LogP contribution in [0.1, 0.15) is 21.6 Å². The van der Waals surface area contributed by atoms with Gasteiger partial charge in [0.25, 0.3) is 5.91 Å². The van der Waals surface area contributed by atoms with Crippen LogP contribution in [0.2, 0.25) is 0 Å². The van der Waals surface area contributed by atoms with Gasteiger partial charge in [-0.3, -0.25) is 9.89 Å². The van der Waals surface area contributed by atoms with Crippen molar-refractivity contribution in [3.05, 3.63) is 69.1 Å². The van der Waals surface area contributed by atoms with Crippen LogP contribution in [0.4, 0.5) is 23.3 Å². The number of aliphatic hydroxyl groups excluding tert-OH is 1. The van der Waals surface area contributed by atoms with Gasteiger partial charge < -0.3 is 25.8 Å². The number of H-pyrrole nitrogens is 1. The lowest BCUT2D eigenvalue weighted by molar-refractivity contribution is 0.0963. The Bertz CT molecular complexity index is 1370. The molecule has 0 saturated heterocycles. The molecule has 2 heterocycles. The third-order valence-corrected chi connectivity index (χ3v) is 6.09. The van der Waals surface area contributed by atoms with Crippen LogP contribution in [-0.2, 0) is 0 Å². The lowest BCUT2D eigenvalue weighted by atomic mass is 9.98. The van der Waals surface area contributed by atoms with Gasteiger partial charge in [0.1, 0.15) is 12.4 Å². The molecular formula is C25H26IN7O3. The van der Waals surface area contributed by atoms with E-state index < -0.39 is 0 Å². The molecule has 4 aromatic rings. The number of carbonyl (C=O) groups is 1. The number of aliphatic hydroxyl groups is 1. The molecular weight excluding hydrogens is 573 g/mol. The fourth-order valence-electron chi connectivity index (χ4n) is 3.56. The lowest BCUT2D eigenvalue weighted by Crippen LogP contribution is -2.17. The first kappa shape index (κ1) is 25.4. The molecule has 36 heavy (non-hydrogen) atoms. The highest BCUT2D eigenvalue weighted by Crippen LogP contribution is 2.36. The maximum absolute atomic E-state index is 11.9. The van der Waals surface area contributed by atoms with Crippen molar-refractivity contribution in [2.24, 2.45) is 0 Å². The topological polar surface area (TPSA) is 137 Å². The molecule has 0 aliphatic heterocycles. The average Bonchev–Trinajstić information content (AvgIpc) is 3.29. The number of aryl methyl sites for hydroxylation is 2. The van der Waals surface area contributed by atoms with E-state index in [0.717, 1.165) is 26.0 Å². The Morgan fingerprint density at radius 2 is 1.92 bits per heavy atom. The van der Waals surface area contributed by atoms with Gasteiger partial charge in [-0.25, -0.2) is 4.98 Å². The summed E-state index contributed by atoms with van der Waals surface area (Å²) < 4.78 is 6.68. The van der Waals surface area contributed by atoms with Gasteiger partial charge in [0.2, 0.25) is 5.95 Å². The molecule has 0 atom stereocenters. The molecule has 10 nitrogen and oxygen atoms in total. The normalized spacial score (nSPS) is 10.7. The fourth-order valence-corrected chi connectivity index (χ4v) is 3.95. The molecule has 2 aromatic carbocycles. The lowest BCUT2D eigenvalue weighted by Gasteiger charge is -2.17. The van der Waals surface area contributed by atoms with E-state index in [1.165, 1.54) is 0 Å². The van der Waals surface area contributed by atoms with Crippen molar-refractivity contribution in [1.29, 1.82) is 0 Å². The standard InChI is InChI=1S/C25H26IN7O3/c1-14-10-20(29-25-28-13-19(26)23(31-25)30-22-11-15(2)32-33-22)21(36-9-8-34)12-18(14)16-4-6-17(7-5-16)24(35)27-3/h4-7,10-13,34H,8-9H2,1-3H3,(H,27,35)(H3,28,29,30,31,32,33). The largest absolute Gasteiger partial charge is 0.489 e. The molecule has 0 fully saturated rings. The summed E-state index contributed by atoms with van der Waals surface area (Å²) in [6.45, 7) is 3.92. The number of hydrogen-bond acceptors (Lipinski definition) is 8. The van der Waals surface area contributed by atoms with E-state index in [-0.39, 0.29) is 19.1 Å². The van der Waals surface area contributed by atoms with Gasteiger partial charge in [-0.2, -0.15) is 10.1 Å². The smallest absolute Gasteiger partial charge is 0.251 e. The van der Waals surface area contributed by atoms with Gasteiger partial charge in [0, 0.05) is 30.6 Å². The quantitative estimate of drug-likeness (QED) is 0.180. The summed E-state index contributed by atoms with van der Waals surface area (Å²) in [5.41, 5.74) is 5.04. The maximum atomic E-state index is 11.9. The molecule has 5 N–H and O–H groups in total. The van der Waals surface area contributed by atoms with E-state index in [9.17, 15) is 9.90 Å². The van der Waals surface area contributed by atoms with Crippen molar-refractivity contribution in [2.45, 2.75) is 13.8 Å². The Morgan fingerprint density at radius 3 is 2.58 bits per heavy atom. The van der Waals surface area contributed by atoms with Crippen molar-refractivity contribution >= 4 is 51.8 Å². The molecule has 186 valence electrons. The molecule has 4 rings (SSSR count). The number of nitrogens with zero attached hydrogens (tertiary/aromatic N) is 3. The molecule has 2 aromatic heterocycles. The number of aromatic nitrogens is 4. The molecule has 0 aliphatic rings. The van der Waals surface area contributed by atoms with Crippen molar-refractivity contribution in [3.8, 4) is 16.9 Å². The number of anilines is 4. The summed E-state index contributed by atoms with van der Waals surface area (Å²) in [5, 5.41) is 25.5. The van der Waals surface area contributed by atoms with Crippen LogP contribution in [0.15, 0.2) is 48.7 Å². The Labute approximate surface area is 222 Å². The Kier molecular flexibility index (Phi) is 8.00. The molecule has 0 spiro atoms. The van der Waals surface area contributed by atoms with E-state index >= 15 is 0 Å². The average molecular weight is 599 g/mol. The Balaban J connectivity index is 1.64. The number of aromatic amines is 1. The zero-order chi connectivity index (χ0) is 25.7. The number of nitrogens with one attached hydrogen (secondary N) is 4. The van der Waals surface area contributed by atoms with Crippen molar-refractivity contribution in [1.82, 2.24) is 25.5 Å². The van der Waals surface area contributed by atoms with Crippen molar-refractivity contribution in [2.75, 3.05) is 30.9 Å². The SMILES string of the molecule is CNC(=O)c1ccc(-c2cc(OCCO)c(Nc3ncc(I)c(Nc4cc(C)[nH]n4)n3)cc2C)cc1. The number of ether oxygens (including phenoxy) is 1. The molecule has 1 amide bonds. The number of carbonyl (C=O) groups excluding carboxylic acids is 1. The van der Waals surface area contributed by atoms with Gasteiger partial charge in [-0.1, -0.05) is 12.1 Å². The van der Waals surface area contributed by atoms with E-state index in [1.54, 1.807) is 25.4 Å². The van der Waals surface area contributed by atoms with Gasteiger partial charge >= 0.3 is 0 Å². The van der Waals surface area contributed by atoms with Gasteiger partial charge in [-0.15, -0.1) is 0 Å². The molecule has 0 radical (unpaired) electrons. The molecule has 11 heteroatoms. The first-order valence-corrected chi connectivity index (χ1v) is 12.2. The zero-order valence-corrected chi connectivity index (χ0v) is 22.2. The second kappa shape index (κ2) is 11.4. The second-order valence-electron chi connectivity index (χ2n) is 7.97. The van der Waals surface area contributed by atoms with Gasteiger partial charge in [-0.05, 0) is 77.4 Å². The predicted octanol–water partition coefficient (Wildman–Crippen LogP) is 4.31. The predicted molar refractivity (Wildman–Crippen MR) is 147 cm³/mol. The zero-order valence-electron chi connectivity index (χ0n) is 20.0. The summed E-state index contributed by atoms with van der Waals surface area (Å²) in [6.07, 6.45) is 1.71. The third kappa shape index (κ3) is 5.91. The van der Waals surface area contributed by atoms with Crippen LogP contribution in [-0.4, -0.2) is 51.4 Å². The van der Waals surface area contributed by atoms with Crippen LogP contribution in [0.25, 0.3) is 11.1 Å². The second-order valence-corrected chi connectivity index (χ2v) is 9.13. The maximum Gasteiger partial charge on any atom is 0.251 e. The van der Waals surface area contributed by atoms with Crippen LogP contribution in [0.5, 0.6) is 5.75 Å². The summed E-state index contributed by atoms with van der Waals surface area (Å²) in [5.74, 6) is 2.05. The van der Waals surface area contributed by atoms with E-state index in [2.05, 4.69) is 58.7 Å². The number of hydrogen-bond donors (Lipinski definition) is 5. The Hall–Kier alpha value is -3.71. The number of halogens is 1. The highest BCUT2D eigenvalue weighted by molar-refractivity contribution is 14.1. The number of amides is 1. The first-order chi connectivity index (χ1) is 17.4. The van der Waals surface area contributed by atoms with E-state index in [0.29, 0.717) is 34.6 Å². The summed E-state index contributed by atoms with van der Waals surface area (Å²) >= 11 is 2.16. The van der Waals surface area contributed by atoms with Crippen LogP contribution >= 0.6 is 22.6 Å². The first-order valence-electron chi connectivity index (χ1n) is 11.2. The monoisotopic (exact) mass is 599 g/mol. The molecule has 0 unspecified atom stereocenters. The molecule has 0 saturated carbocycles. The number of benzene rings is 2. The van der Waals surface area contributed by atoms with E-state index in [4.69, 9.17) is 4.74 Å². The van der Waals surface area contributed by atoms with Crippen molar-refractivity contribution in [3.63, 3.8) is 0 Å². The van der Waals surface area contributed by atoms with Gasteiger partial charge in [0.05, 0.1) is 15.9 Å². The minimum Gasteiger partial charge on any atom is -0.489 e. The minimum atomic E-state index is -0.140. The van der Waals surface area contributed by atoms with Crippen LogP contribution in [0.3, 0.4) is 0 Å². The molecule has 0 bridgehead atoms. The van der Waals surface area contributed by atoms with Crippen molar-refractivity contribution < 1.29 is 14.6 Å². The van der Waals surface area contributed by atoms with Crippen LogP contribution < -0.4 is 20.7 Å². The Morgan fingerprint density at radius 1 is 1.14 bits per heavy atom. The van der Waals surface area contributed by atoms with E-state index in [1.807, 2.05) is 44.2 Å². The summed E-state index contributed by atoms with van der Waals surface area (Å²) in [4.78, 5) is 20.9.